The number of nitrogens with one attached hydrogen (secondary N) is 2. The second-order valence-corrected chi connectivity index (χ2v) is 5.24. The van der Waals surface area contributed by atoms with Gasteiger partial charge in [-0.2, -0.15) is 0 Å². The molecule has 7 nitrogen and oxygen atoms in total. The van der Waals surface area contributed by atoms with Crippen LogP contribution in [0.2, 0.25) is 0 Å². The second-order valence-electron chi connectivity index (χ2n) is 5.24. The Labute approximate surface area is 144 Å². The maximum atomic E-state index is 11.8. The van der Waals surface area contributed by atoms with Crippen LogP contribution in [0, 0.1) is 0 Å². The first-order valence-electron chi connectivity index (χ1n) is 7.73. The minimum atomic E-state index is -0.410. The molecule has 0 spiro atoms. The molecule has 0 aliphatic rings. The smallest absolute Gasteiger partial charge is 0.338 e. The lowest BCUT2D eigenvalue weighted by molar-refractivity contribution is 0.0525. The number of H-pyrrole nitrogens is 1. The summed E-state index contributed by atoms with van der Waals surface area (Å²) in [6, 6.07) is 12.0. The van der Waals surface area contributed by atoms with Gasteiger partial charge in [-0.15, -0.1) is 0 Å². The maximum absolute atomic E-state index is 11.8. The minimum absolute atomic E-state index is 0.323. The van der Waals surface area contributed by atoms with Crippen LogP contribution in [0.5, 0.6) is 0 Å². The van der Waals surface area contributed by atoms with E-state index in [2.05, 4.69) is 15.3 Å². The molecular formula is C18H17N3O4. The van der Waals surface area contributed by atoms with E-state index in [0.29, 0.717) is 40.4 Å². The molecule has 3 rings (SSSR count). The molecule has 0 atom stereocenters. The maximum Gasteiger partial charge on any atom is 0.338 e. The summed E-state index contributed by atoms with van der Waals surface area (Å²) in [5.74, 6) is -0.287. The average molecular weight is 339 g/mol. The Balaban J connectivity index is 1.85. The molecule has 0 radical (unpaired) electrons. The van der Waals surface area contributed by atoms with Gasteiger partial charge in [-0.05, 0) is 43.3 Å². The van der Waals surface area contributed by atoms with E-state index in [4.69, 9.17) is 9.47 Å². The number of anilines is 2. The van der Waals surface area contributed by atoms with Crippen LogP contribution in [0.4, 0.5) is 11.6 Å². The number of hydrogen-bond acceptors (Lipinski definition) is 6. The molecule has 7 heteroatoms. The van der Waals surface area contributed by atoms with Crippen molar-refractivity contribution >= 4 is 34.6 Å². The molecule has 2 N–H and O–H groups in total. The van der Waals surface area contributed by atoms with E-state index in [1.165, 1.54) is 7.11 Å². The Morgan fingerprint density at radius 2 is 1.92 bits per heavy atom. The molecule has 2 aromatic carbocycles. The molecule has 1 heterocycles. The summed E-state index contributed by atoms with van der Waals surface area (Å²) >= 11 is 0. The Bertz CT molecular complexity index is 933. The van der Waals surface area contributed by atoms with Crippen LogP contribution in [0.1, 0.15) is 27.6 Å². The fraction of sp³-hybridized carbons (Fsp3) is 0.167. The van der Waals surface area contributed by atoms with Crippen molar-refractivity contribution in [3.63, 3.8) is 0 Å². The van der Waals surface area contributed by atoms with Gasteiger partial charge in [0, 0.05) is 5.69 Å². The van der Waals surface area contributed by atoms with Gasteiger partial charge in [0.1, 0.15) is 0 Å². The number of benzene rings is 2. The van der Waals surface area contributed by atoms with E-state index in [1.807, 2.05) is 6.07 Å². The van der Waals surface area contributed by atoms with E-state index >= 15 is 0 Å². The SMILES string of the molecule is CCOC(=O)c1ccc2nc(Nc3cccc(C(=O)OC)c3)[nH]c2c1. The highest BCUT2D eigenvalue weighted by Crippen LogP contribution is 2.20. The molecule has 1 aromatic heterocycles. The zero-order valence-electron chi connectivity index (χ0n) is 13.8. The number of fused-ring (bicyclic) bond motifs is 1. The van der Waals surface area contributed by atoms with Gasteiger partial charge in [0.05, 0.1) is 35.9 Å². The average Bonchev–Trinajstić information content (AvgIpc) is 3.02. The third-order valence-electron chi connectivity index (χ3n) is 3.54. The van der Waals surface area contributed by atoms with E-state index in [0.717, 1.165) is 0 Å². The summed E-state index contributed by atoms with van der Waals surface area (Å²) in [5, 5.41) is 3.10. The number of aromatic amines is 1. The number of esters is 2. The number of imidazole rings is 1. The van der Waals surface area contributed by atoms with Crippen LogP contribution in [-0.2, 0) is 9.47 Å². The number of rotatable bonds is 5. The first-order valence-corrected chi connectivity index (χ1v) is 7.73. The molecular weight excluding hydrogens is 322 g/mol. The quantitative estimate of drug-likeness (QED) is 0.693. The zero-order valence-corrected chi connectivity index (χ0v) is 13.8. The van der Waals surface area contributed by atoms with Crippen molar-refractivity contribution in [3.05, 3.63) is 53.6 Å². The summed E-state index contributed by atoms with van der Waals surface area (Å²) < 4.78 is 9.70. The summed E-state index contributed by atoms with van der Waals surface area (Å²) in [4.78, 5) is 30.9. The van der Waals surface area contributed by atoms with Crippen molar-refractivity contribution in [3.8, 4) is 0 Å². The third-order valence-corrected chi connectivity index (χ3v) is 3.54. The van der Waals surface area contributed by atoms with Crippen molar-refractivity contribution in [1.29, 1.82) is 0 Å². The molecule has 0 aliphatic carbocycles. The van der Waals surface area contributed by atoms with Gasteiger partial charge in [-0.3, -0.25) is 0 Å². The van der Waals surface area contributed by atoms with Crippen LogP contribution >= 0.6 is 0 Å². The van der Waals surface area contributed by atoms with Gasteiger partial charge in [-0.25, -0.2) is 14.6 Å². The number of carbonyl (C=O) groups excluding carboxylic acids is 2. The topological polar surface area (TPSA) is 93.3 Å². The summed E-state index contributed by atoms with van der Waals surface area (Å²) in [6.07, 6.45) is 0. The molecule has 0 saturated heterocycles. The highest BCUT2D eigenvalue weighted by atomic mass is 16.5. The highest BCUT2D eigenvalue weighted by Gasteiger charge is 2.11. The lowest BCUT2D eigenvalue weighted by Crippen LogP contribution is -2.04. The Kier molecular flexibility index (Phi) is 4.65. The molecule has 0 bridgehead atoms. The van der Waals surface area contributed by atoms with E-state index in [1.54, 1.807) is 43.3 Å². The monoisotopic (exact) mass is 339 g/mol. The fourth-order valence-corrected chi connectivity index (χ4v) is 2.39. The Hall–Kier alpha value is -3.35. The molecule has 25 heavy (non-hydrogen) atoms. The zero-order chi connectivity index (χ0) is 17.8. The van der Waals surface area contributed by atoms with E-state index in [9.17, 15) is 9.59 Å². The highest BCUT2D eigenvalue weighted by molar-refractivity contribution is 5.94. The fourth-order valence-electron chi connectivity index (χ4n) is 2.39. The molecule has 0 amide bonds. The molecule has 0 saturated carbocycles. The molecule has 128 valence electrons. The van der Waals surface area contributed by atoms with Crippen molar-refractivity contribution in [2.45, 2.75) is 6.92 Å². The van der Waals surface area contributed by atoms with Crippen LogP contribution in [-0.4, -0.2) is 35.6 Å². The van der Waals surface area contributed by atoms with E-state index in [-0.39, 0.29) is 5.97 Å². The largest absolute Gasteiger partial charge is 0.465 e. The first kappa shape index (κ1) is 16.5. The van der Waals surface area contributed by atoms with Crippen LogP contribution < -0.4 is 5.32 Å². The predicted octanol–water partition coefficient (Wildman–Crippen LogP) is 3.27. The predicted molar refractivity (Wildman–Crippen MR) is 93.1 cm³/mol. The Morgan fingerprint density at radius 1 is 1.12 bits per heavy atom. The molecule has 0 unspecified atom stereocenters. The summed E-state index contributed by atoms with van der Waals surface area (Å²) in [6.45, 7) is 2.08. The number of methoxy groups -OCH3 is 1. The summed E-state index contributed by atoms with van der Waals surface area (Å²) in [7, 11) is 1.34. The van der Waals surface area contributed by atoms with Crippen molar-refractivity contribution < 1.29 is 19.1 Å². The van der Waals surface area contributed by atoms with Crippen molar-refractivity contribution in [1.82, 2.24) is 9.97 Å². The Morgan fingerprint density at radius 3 is 2.68 bits per heavy atom. The first-order chi connectivity index (χ1) is 12.1. The molecule has 0 fully saturated rings. The molecule has 0 aliphatic heterocycles. The van der Waals surface area contributed by atoms with Gasteiger partial charge < -0.3 is 19.8 Å². The lowest BCUT2D eigenvalue weighted by Gasteiger charge is -2.04. The van der Waals surface area contributed by atoms with Gasteiger partial charge in [0.2, 0.25) is 5.95 Å². The van der Waals surface area contributed by atoms with Gasteiger partial charge in [0.15, 0.2) is 0 Å². The minimum Gasteiger partial charge on any atom is -0.465 e. The number of nitrogens with zero attached hydrogens (tertiary/aromatic N) is 1. The number of carbonyl (C=O) groups is 2. The van der Waals surface area contributed by atoms with Gasteiger partial charge in [-0.1, -0.05) is 6.07 Å². The molecule has 3 aromatic rings. The second kappa shape index (κ2) is 7.04. The van der Waals surface area contributed by atoms with Gasteiger partial charge in [0.25, 0.3) is 0 Å². The standard InChI is InChI=1S/C18H17N3O4/c1-3-25-17(23)12-7-8-14-15(10-12)21-18(20-14)19-13-6-4-5-11(9-13)16(22)24-2/h4-10H,3H2,1-2H3,(H2,19,20,21). The van der Waals surface area contributed by atoms with Crippen LogP contribution in [0.15, 0.2) is 42.5 Å². The van der Waals surface area contributed by atoms with Gasteiger partial charge >= 0.3 is 11.9 Å². The summed E-state index contributed by atoms with van der Waals surface area (Å²) in [5.41, 5.74) is 3.00. The number of hydrogen-bond donors (Lipinski definition) is 2. The lowest BCUT2D eigenvalue weighted by atomic mass is 10.2. The number of aromatic nitrogens is 2. The van der Waals surface area contributed by atoms with Crippen LogP contribution in [0.25, 0.3) is 11.0 Å². The van der Waals surface area contributed by atoms with Crippen molar-refractivity contribution in [2.75, 3.05) is 19.0 Å². The van der Waals surface area contributed by atoms with Crippen LogP contribution in [0.3, 0.4) is 0 Å². The third kappa shape index (κ3) is 3.60. The number of ether oxygens (including phenoxy) is 2. The van der Waals surface area contributed by atoms with E-state index < -0.39 is 5.97 Å². The van der Waals surface area contributed by atoms with Crippen molar-refractivity contribution in [2.24, 2.45) is 0 Å². The normalized spacial score (nSPS) is 10.5.